The molecule has 0 N–H and O–H groups in total. The van der Waals surface area contributed by atoms with Crippen molar-refractivity contribution >= 4 is 54.7 Å². The maximum absolute atomic E-state index is 12.4. The lowest BCUT2D eigenvalue weighted by Crippen LogP contribution is -2.16. The first-order valence-corrected chi connectivity index (χ1v) is 9.18. The third kappa shape index (κ3) is 3.17. The summed E-state index contributed by atoms with van der Waals surface area (Å²) in [7, 11) is 1.63. The van der Waals surface area contributed by atoms with Gasteiger partial charge in [0.25, 0.3) is 5.91 Å². The van der Waals surface area contributed by atoms with E-state index < -0.39 is 0 Å². The predicted octanol–water partition coefficient (Wildman–Crippen LogP) is 4.46. The molecule has 0 radical (unpaired) electrons. The Labute approximate surface area is 149 Å². The fraction of sp³-hybridized carbons (Fsp3) is 0.125. The molecule has 7 heteroatoms. The number of carbonyl (C=O) groups excluding carboxylic acids is 1. The molecular formula is C16H13BrN2O2S2. The lowest BCUT2D eigenvalue weighted by atomic mass is 10.3. The first-order valence-electron chi connectivity index (χ1n) is 6.75. The second kappa shape index (κ2) is 6.82. The fourth-order valence-corrected chi connectivity index (χ4v) is 4.54. The Balaban J connectivity index is 2.20. The molecule has 0 aliphatic heterocycles. The molecule has 0 atom stereocenters. The number of hydrogen-bond acceptors (Lipinski definition) is 4. The molecule has 0 spiro atoms. The molecule has 118 valence electrons. The summed E-state index contributed by atoms with van der Waals surface area (Å²) in [6, 6.07) is 9.44. The summed E-state index contributed by atoms with van der Waals surface area (Å²) in [5.41, 5.74) is 0.929. The molecule has 3 rings (SSSR count). The summed E-state index contributed by atoms with van der Waals surface area (Å²) in [5, 5.41) is 0. The Morgan fingerprint density at radius 3 is 2.87 bits per heavy atom. The van der Waals surface area contributed by atoms with Crippen molar-refractivity contribution in [2.45, 2.75) is 6.54 Å². The third-order valence-corrected chi connectivity index (χ3v) is 5.83. The van der Waals surface area contributed by atoms with Crippen LogP contribution in [0.25, 0.3) is 10.2 Å². The molecule has 2 heterocycles. The average molecular weight is 409 g/mol. The van der Waals surface area contributed by atoms with E-state index in [4.69, 9.17) is 4.74 Å². The van der Waals surface area contributed by atoms with Gasteiger partial charge >= 0.3 is 0 Å². The summed E-state index contributed by atoms with van der Waals surface area (Å²) < 4.78 is 9.32. The van der Waals surface area contributed by atoms with Gasteiger partial charge in [-0.2, -0.15) is 4.99 Å². The molecule has 0 unspecified atom stereocenters. The first-order chi connectivity index (χ1) is 11.1. The van der Waals surface area contributed by atoms with E-state index in [9.17, 15) is 4.79 Å². The van der Waals surface area contributed by atoms with Gasteiger partial charge < -0.3 is 9.30 Å². The summed E-state index contributed by atoms with van der Waals surface area (Å²) in [6.45, 7) is 4.35. The van der Waals surface area contributed by atoms with Crippen LogP contribution in [-0.2, 0) is 6.54 Å². The van der Waals surface area contributed by atoms with E-state index in [1.54, 1.807) is 19.3 Å². The van der Waals surface area contributed by atoms with Crippen molar-refractivity contribution in [1.82, 2.24) is 4.57 Å². The lowest BCUT2D eigenvalue weighted by Gasteiger charge is -2.05. The third-order valence-electron chi connectivity index (χ3n) is 3.18. The number of amides is 1. The Morgan fingerprint density at radius 1 is 1.39 bits per heavy atom. The van der Waals surface area contributed by atoms with Crippen LogP contribution in [0.4, 0.5) is 0 Å². The smallest absolute Gasteiger partial charge is 0.289 e. The zero-order valence-corrected chi connectivity index (χ0v) is 15.5. The van der Waals surface area contributed by atoms with Crippen molar-refractivity contribution in [2.24, 2.45) is 4.99 Å². The summed E-state index contributed by atoms with van der Waals surface area (Å²) in [4.78, 5) is 17.9. The predicted molar refractivity (Wildman–Crippen MR) is 98.5 cm³/mol. The molecule has 4 nitrogen and oxygen atoms in total. The summed E-state index contributed by atoms with van der Waals surface area (Å²) in [6.07, 6.45) is 1.78. The molecule has 1 aromatic carbocycles. The number of para-hydroxylation sites is 1. The summed E-state index contributed by atoms with van der Waals surface area (Å²) in [5.74, 6) is 0.511. The molecule has 0 saturated carbocycles. The van der Waals surface area contributed by atoms with Crippen molar-refractivity contribution in [1.29, 1.82) is 0 Å². The first kappa shape index (κ1) is 16.2. The Hall–Kier alpha value is -1.70. The highest BCUT2D eigenvalue weighted by molar-refractivity contribution is 9.11. The second-order valence-corrected chi connectivity index (χ2v) is 8.08. The van der Waals surface area contributed by atoms with Gasteiger partial charge in [0.05, 0.1) is 20.5 Å². The standard InChI is InChI=1S/C16H13BrN2O2S2/c1-3-9-19-14-10(21-2)5-4-6-11(14)23-16(19)18-15(20)12-7-8-13(17)22-12/h3-8H,1,9H2,2H3. The monoisotopic (exact) mass is 408 g/mol. The minimum atomic E-state index is -0.246. The number of thiophene rings is 1. The topological polar surface area (TPSA) is 43.6 Å². The minimum absolute atomic E-state index is 0.246. The molecule has 0 aliphatic rings. The molecule has 1 amide bonds. The molecule has 23 heavy (non-hydrogen) atoms. The molecule has 0 aliphatic carbocycles. The van der Waals surface area contributed by atoms with E-state index in [2.05, 4.69) is 27.5 Å². The van der Waals surface area contributed by atoms with Crippen molar-refractivity contribution in [3.8, 4) is 5.75 Å². The van der Waals surface area contributed by atoms with Crippen LogP contribution in [0.5, 0.6) is 5.75 Å². The van der Waals surface area contributed by atoms with Gasteiger partial charge in [-0.05, 0) is 40.2 Å². The number of thiazole rings is 1. The van der Waals surface area contributed by atoms with E-state index >= 15 is 0 Å². The van der Waals surface area contributed by atoms with Gasteiger partial charge in [0.15, 0.2) is 4.80 Å². The van der Waals surface area contributed by atoms with Gasteiger partial charge in [-0.1, -0.05) is 23.5 Å². The number of ether oxygens (including phenoxy) is 1. The van der Waals surface area contributed by atoms with Crippen LogP contribution < -0.4 is 9.54 Å². The molecule has 0 fully saturated rings. The zero-order chi connectivity index (χ0) is 16.4. The Morgan fingerprint density at radius 2 is 2.22 bits per heavy atom. The number of hydrogen-bond donors (Lipinski definition) is 0. The number of rotatable bonds is 4. The number of nitrogens with zero attached hydrogens (tertiary/aromatic N) is 2. The van der Waals surface area contributed by atoms with Crippen LogP contribution in [0, 0.1) is 0 Å². The zero-order valence-electron chi connectivity index (χ0n) is 12.3. The van der Waals surface area contributed by atoms with Gasteiger partial charge in [-0.25, -0.2) is 0 Å². The van der Waals surface area contributed by atoms with E-state index in [0.29, 0.717) is 16.2 Å². The van der Waals surface area contributed by atoms with Gasteiger partial charge in [0.1, 0.15) is 11.3 Å². The van der Waals surface area contributed by atoms with Crippen LogP contribution in [0.2, 0.25) is 0 Å². The van der Waals surface area contributed by atoms with Gasteiger partial charge in [-0.15, -0.1) is 17.9 Å². The minimum Gasteiger partial charge on any atom is -0.495 e. The highest BCUT2D eigenvalue weighted by Gasteiger charge is 2.13. The summed E-state index contributed by atoms with van der Waals surface area (Å²) >= 11 is 6.20. The number of carbonyl (C=O) groups is 1. The normalized spacial score (nSPS) is 11.8. The highest BCUT2D eigenvalue weighted by atomic mass is 79.9. The number of aromatic nitrogens is 1. The molecule has 0 bridgehead atoms. The Bertz CT molecular complexity index is 953. The number of allylic oxidation sites excluding steroid dienone is 1. The number of methoxy groups -OCH3 is 1. The fourth-order valence-electron chi connectivity index (χ4n) is 2.22. The van der Waals surface area contributed by atoms with Gasteiger partial charge in [-0.3, -0.25) is 4.79 Å². The van der Waals surface area contributed by atoms with Crippen LogP contribution in [0.1, 0.15) is 9.67 Å². The lowest BCUT2D eigenvalue weighted by molar-refractivity contribution is 0.100. The van der Waals surface area contributed by atoms with Crippen molar-refractivity contribution in [3.63, 3.8) is 0 Å². The SMILES string of the molecule is C=CCn1c(=NC(=O)c2ccc(Br)s2)sc2cccc(OC)c21. The van der Waals surface area contributed by atoms with Crippen LogP contribution >= 0.6 is 38.6 Å². The van der Waals surface area contributed by atoms with E-state index in [1.807, 2.05) is 28.8 Å². The quantitative estimate of drug-likeness (QED) is 0.597. The molecule has 3 aromatic rings. The van der Waals surface area contributed by atoms with Crippen molar-refractivity contribution in [3.05, 3.63) is 56.5 Å². The van der Waals surface area contributed by atoms with Crippen molar-refractivity contribution < 1.29 is 9.53 Å². The number of halogens is 1. The van der Waals surface area contributed by atoms with Crippen molar-refractivity contribution in [2.75, 3.05) is 7.11 Å². The van der Waals surface area contributed by atoms with Gasteiger partial charge in [0, 0.05) is 6.54 Å². The van der Waals surface area contributed by atoms with Crippen LogP contribution in [0.3, 0.4) is 0 Å². The van der Waals surface area contributed by atoms with E-state index in [-0.39, 0.29) is 5.91 Å². The Kier molecular flexibility index (Phi) is 4.79. The van der Waals surface area contributed by atoms with E-state index in [1.165, 1.54) is 22.7 Å². The average Bonchev–Trinajstić information content (AvgIpc) is 3.12. The molecule has 2 aromatic heterocycles. The largest absolute Gasteiger partial charge is 0.495 e. The number of benzene rings is 1. The van der Waals surface area contributed by atoms with E-state index in [0.717, 1.165) is 19.8 Å². The molecular weight excluding hydrogens is 396 g/mol. The van der Waals surface area contributed by atoms with Gasteiger partial charge in [0.2, 0.25) is 0 Å². The second-order valence-electron chi connectivity index (χ2n) is 4.61. The molecule has 0 saturated heterocycles. The maximum atomic E-state index is 12.4. The number of fused-ring (bicyclic) bond motifs is 1. The highest BCUT2D eigenvalue weighted by Crippen LogP contribution is 2.27. The van der Waals surface area contributed by atoms with Crippen LogP contribution in [0.15, 0.2) is 51.8 Å². The maximum Gasteiger partial charge on any atom is 0.289 e. The van der Waals surface area contributed by atoms with Crippen LogP contribution in [-0.4, -0.2) is 17.6 Å².